The molecule has 0 spiro atoms. The molecule has 1 aliphatic heterocycles. The number of nitrogens with zero attached hydrogens (tertiary/aromatic N) is 1. The van der Waals surface area contributed by atoms with E-state index in [2.05, 4.69) is 18.7 Å². The highest BCUT2D eigenvalue weighted by molar-refractivity contribution is 5.75. The van der Waals surface area contributed by atoms with Gasteiger partial charge < -0.3 is 5.11 Å². The predicted molar refractivity (Wildman–Crippen MR) is 56.3 cm³/mol. The normalized spacial score (nSPS) is 29.4. The molecular weight excluding hydrogens is 178 g/mol. The SMILES string of the molecule is CCC1(C(=O)O)CCCN(C(C)C)C1. The first-order valence-electron chi connectivity index (χ1n) is 5.49. The van der Waals surface area contributed by atoms with Crippen molar-refractivity contribution in [2.45, 2.75) is 46.1 Å². The Kier molecular flexibility index (Phi) is 3.53. The maximum atomic E-state index is 11.2. The summed E-state index contributed by atoms with van der Waals surface area (Å²) in [5.74, 6) is -0.620. The Labute approximate surface area is 86.1 Å². The Bertz CT molecular complexity index is 215. The van der Waals surface area contributed by atoms with E-state index in [0.29, 0.717) is 6.04 Å². The molecule has 0 bridgehead atoms. The summed E-state index contributed by atoms with van der Waals surface area (Å²) in [5, 5.41) is 9.26. The molecule has 0 aromatic carbocycles. The number of carboxylic acid groups (broad SMARTS) is 1. The molecule has 1 N–H and O–H groups in total. The molecular formula is C11H21NO2. The Balaban J connectivity index is 2.74. The fourth-order valence-electron chi connectivity index (χ4n) is 2.22. The summed E-state index contributed by atoms with van der Waals surface area (Å²) in [7, 11) is 0. The van der Waals surface area contributed by atoms with E-state index in [1.54, 1.807) is 0 Å². The minimum atomic E-state index is -0.620. The van der Waals surface area contributed by atoms with Crippen LogP contribution in [0.5, 0.6) is 0 Å². The minimum absolute atomic E-state index is 0.459. The highest BCUT2D eigenvalue weighted by atomic mass is 16.4. The standard InChI is InChI=1S/C11H21NO2/c1-4-11(10(13)14)6-5-7-12(8-11)9(2)3/h9H,4-8H2,1-3H3,(H,13,14). The Morgan fingerprint density at radius 1 is 1.57 bits per heavy atom. The van der Waals surface area contributed by atoms with Crippen LogP contribution in [0.2, 0.25) is 0 Å². The highest BCUT2D eigenvalue weighted by Crippen LogP contribution is 2.34. The molecule has 82 valence electrons. The zero-order valence-electron chi connectivity index (χ0n) is 9.42. The lowest BCUT2D eigenvalue weighted by Crippen LogP contribution is -2.49. The van der Waals surface area contributed by atoms with Crippen LogP contribution in [0.25, 0.3) is 0 Å². The van der Waals surface area contributed by atoms with E-state index < -0.39 is 11.4 Å². The quantitative estimate of drug-likeness (QED) is 0.755. The van der Waals surface area contributed by atoms with Gasteiger partial charge in [0, 0.05) is 12.6 Å². The van der Waals surface area contributed by atoms with Crippen molar-refractivity contribution in [2.75, 3.05) is 13.1 Å². The summed E-state index contributed by atoms with van der Waals surface area (Å²) in [6.45, 7) is 8.02. The molecule has 0 aliphatic carbocycles. The van der Waals surface area contributed by atoms with Crippen LogP contribution in [-0.4, -0.2) is 35.1 Å². The van der Waals surface area contributed by atoms with Crippen molar-refractivity contribution in [3.63, 3.8) is 0 Å². The van der Waals surface area contributed by atoms with Crippen molar-refractivity contribution in [1.29, 1.82) is 0 Å². The molecule has 0 aromatic rings. The number of hydrogen-bond donors (Lipinski definition) is 1. The number of likely N-dealkylation sites (tertiary alicyclic amines) is 1. The van der Waals surface area contributed by atoms with Crippen LogP contribution in [0.4, 0.5) is 0 Å². The first-order valence-corrected chi connectivity index (χ1v) is 5.49. The number of rotatable bonds is 3. The molecule has 1 unspecified atom stereocenters. The lowest BCUT2D eigenvalue weighted by molar-refractivity contribution is -0.153. The molecule has 3 nitrogen and oxygen atoms in total. The molecule has 1 heterocycles. The summed E-state index contributed by atoms with van der Waals surface area (Å²) in [5.41, 5.74) is -0.484. The van der Waals surface area contributed by atoms with E-state index in [0.717, 1.165) is 32.4 Å². The van der Waals surface area contributed by atoms with Crippen LogP contribution in [-0.2, 0) is 4.79 Å². The number of hydrogen-bond acceptors (Lipinski definition) is 2. The van der Waals surface area contributed by atoms with Crippen LogP contribution in [0.3, 0.4) is 0 Å². The van der Waals surface area contributed by atoms with E-state index in [1.807, 2.05) is 6.92 Å². The molecule has 0 aromatic heterocycles. The second-order valence-electron chi connectivity index (χ2n) is 4.61. The molecule has 14 heavy (non-hydrogen) atoms. The van der Waals surface area contributed by atoms with Crippen molar-refractivity contribution in [1.82, 2.24) is 4.90 Å². The van der Waals surface area contributed by atoms with Crippen molar-refractivity contribution in [3.05, 3.63) is 0 Å². The van der Waals surface area contributed by atoms with Crippen molar-refractivity contribution in [3.8, 4) is 0 Å². The van der Waals surface area contributed by atoms with E-state index in [4.69, 9.17) is 0 Å². The largest absolute Gasteiger partial charge is 0.481 e. The van der Waals surface area contributed by atoms with Crippen molar-refractivity contribution >= 4 is 5.97 Å². The lowest BCUT2D eigenvalue weighted by atomic mass is 9.77. The number of piperidine rings is 1. The summed E-state index contributed by atoms with van der Waals surface area (Å²) < 4.78 is 0. The van der Waals surface area contributed by atoms with Gasteiger partial charge in [-0.05, 0) is 39.7 Å². The van der Waals surface area contributed by atoms with Crippen LogP contribution in [0.15, 0.2) is 0 Å². The van der Waals surface area contributed by atoms with Gasteiger partial charge in [0.05, 0.1) is 5.41 Å². The third-order valence-corrected chi connectivity index (χ3v) is 3.47. The summed E-state index contributed by atoms with van der Waals surface area (Å²) in [6.07, 6.45) is 2.59. The molecule has 3 heteroatoms. The third-order valence-electron chi connectivity index (χ3n) is 3.47. The number of carboxylic acids is 1. The van der Waals surface area contributed by atoms with Crippen LogP contribution in [0, 0.1) is 5.41 Å². The second-order valence-corrected chi connectivity index (χ2v) is 4.61. The highest BCUT2D eigenvalue weighted by Gasteiger charge is 2.41. The van der Waals surface area contributed by atoms with Gasteiger partial charge in [0.25, 0.3) is 0 Å². The van der Waals surface area contributed by atoms with Crippen molar-refractivity contribution < 1.29 is 9.90 Å². The summed E-state index contributed by atoms with van der Waals surface area (Å²) in [6, 6.07) is 0.459. The van der Waals surface area contributed by atoms with Gasteiger partial charge in [-0.3, -0.25) is 9.69 Å². The average Bonchev–Trinajstić information content (AvgIpc) is 2.17. The van der Waals surface area contributed by atoms with Crippen LogP contribution < -0.4 is 0 Å². The summed E-state index contributed by atoms with van der Waals surface area (Å²) in [4.78, 5) is 13.5. The molecule has 0 amide bonds. The molecule has 1 saturated heterocycles. The smallest absolute Gasteiger partial charge is 0.310 e. The first-order chi connectivity index (χ1) is 6.52. The maximum absolute atomic E-state index is 11.2. The number of aliphatic carboxylic acids is 1. The van der Waals surface area contributed by atoms with Gasteiger partial charge in [0.2, 0.25) is 0 Å². The van der Waals surface area contributed by atoms with E-state index >= 15 is 0 Å². The predicted octanol–water partition coefficient (Wildman–Crippen LogP) is 1.97. The molecule has 1 rings (SSSR count). The van der Waals surface area contributed by atoms with E-state index in [1.165, 1.54) is 0 Å². The average molecular weight is 199 g/mol. The summed E-state index contributed by atoms with van der Waals surface area (Å²) >= 11 is 0. The topological polar surface area (TPSA) is 40.5 Å². The van der Waals surface area contributed by atoms with Gasteiger partial charge in [-0.2, -0.15) is 0 Å². The fraction of sp³-hybridized carbons (Fsp3) is 0.909. The monoisotopic (exact) mass is 199 g/mol. The van der Waals surface area contributed by atoms with E-state index in [9.17, 15) is 9.90 Å². The Hall–Kier alpha value is -0.570. The molecule has 0 radical (unpaired) electrons. The van der Waals surface area contributed by atoms with Gasteiger partial charge in [-0.15, -0.1) is 0 Å². The van der Waals surface area contributed by atoms with Gasteiger partial charge >= 0.3 is 5.97 Å². The first kappa shape index (κ1) is 11.5. The van der Waals surface area contributed by atoms with Gasteiger partial charge in [-0.1, -0.05) is 6.92 Å². The Morgan fingerprint density at radius 2 is 2.21 bits per heavy atom. The van der Waals surface area contributed by atoms with Crippen molar-refractivity contribution in [2.24, 2.45) is 5.41 Å². The number of carbonyl (C=O) groups is 1. The molecule has 0 saturated carbocycles. The van der Waals surface area contributed by atoms with Gasteiger partial charge in [0.15, 0.2) is 0 Å². The van der Waals surface area contributed by atoms with Gasteiger partial charge in [-0.25, -0.2) is 0 Å². The fourth-order valence-corrected chi connectivity index (χ4v) is 2.22. The second kappa shape index (κ2) is 4.30. The van der Waals surface area contributed by atoms with Crippen LogP contribution >= 0.6 is 0 Å². The third kappa shape index (κ3) is 2.08. The van der Waals surface area contributed by atoms with E-state index in [-0.39, 0.29) is 0 Å². The zero-order valence-corrected chi connectivity index (χ0v) is 9.42. The van der Waals surface area contributed by atoms with Gasteiger partial charge in [0.1, 0.15) is 0 Å². The van der Waals surface area contributed by atoms with Crippen LogP contribution in [0.1, 0.15) is 40.0 Å². The molecule has 1 aliphatic rings. The zero-order chi connectivity index (χ0) is 10.8. The Morgan fingerprint density at radius 3 is 2.64 bits per heavy atom. The molecule has 1 atom stereocenters. The lowest BCUT2D eigenvalue weighted by Gasteiger charge is -2.41. The minimum Gasteiger partial charge on any atom is -0.481 e. The maximum Gasteiger partial charge on any atom is 0.310 e. The molecule has 1 fully saturated rings.